The number of carbonyl (C=O) groups excluding carboxylic acids is 1. The average molecular weight is 374 g/mol. The van der Waals surface area contributed by atoms with E-state index in [0.717, 1.165) is 5.56 Å². The van der Waals surface area contributed by atoms with Crippen LogP contribution >= 0.6 is 0 Å². The molecule has 0 unspecified atom stereocenters. The summed E-state index contributed by atoms with van der Waals surface area (Å²) in [6.45, 7) is 14.6. The van der Waals surface area contributed by atoms with Crippen LogP contribution in [0.2, 0.25) is 39.3 Å². The Morgan fingerprint density at radius 1 is 1.04 bits per heavy atom. The molecule has 25 heavy (non-hydrogen) atoms. The predicted molar refractivity (Wildman–Crippen MR) is 107 cm³/mol. The number of carbonyl (C=O) groups is 1. The fourth-order valence-corrected chi connectivity index (χ4v) is 4.64. The summed E-state index contributed by atoms with van der Waals surface area (Å²) in [5, 5.41) is 0. The van der Waals surface area contributed by atoms with Gasteiger partial charge in [0.1, 0.15) is 5.82 Å². The molecule has 0 aliphatic heterocycles. The molecular weight excluding hydrogens is 346 g/mol. The number of hydrogen-bond acceptors (Lipinski definition) is 4. The summed E-state index contributed by atoms with van der Waals surface area (Å²) in [6.07, 6.45) is 1.74. The van der Waals surface area contributed by atoms with Crippen LogP contribution < -0.4 is 8.99 Å². The van der Waals surface area contributed by atoms with Gasteiger partial charge < -0.3 is 8.99 Å². The van der Waals surface area contributed by atoms with Gasteiger partial charge in [-0.3, -0.25) is 4.79 Å². The van der Waals surface area contributed by atoms with E-state index < -0.39 is 16.6 Å². The number of aryl methyl sites for hydroxylation is 1. The minimum Gasteiger partial charge on any atom is -0.518 e. The summed E-state index contributed by atoms with van der Waals surface area (Å²) in [5.41, 5.74) is 1.53. The molecule has 7 heteroatoms. The van der Waals surface area contributed by atoms with Crippen molar-refractivity contribution in [2.75, 3.05) is 4.57 Å². The van der Waals surface area contributed by atoms with Crippen LogP contribution in [0.3, 0.4) is 0 Å². The molecule has 1 heterocycles. The van der Waals surface area contributed by atoms with Crippen LogP contribution in [-0.4, -0.2) is 32.4 Å². The standard InChI is InChI=1S/C18H27N3O2Si2/c1-14-13-19-18(23-25(5,6)7)20-16(14)21(24(2,3)4)17(22)15-11-9-8-10-12-15/h8-13H,1-7H3. The summed E-state index contributed by atoms with van der Waals surface area (Å²) in [4.78, 5) is 22.1. The third kappa shape index (κ3) is 4.99. The molecule has 2 rings (SSSR count). The van der Waals surface area contributed by atoms with Crippen LogP contribution in [0.5, 0.6) is 6.01 Å². The first-order valence-electron chi connectivity index (χ1n) is 8.41. The summed E-state index contributed by atoms with van der Waals surface area (Å²) in [7, 11) is -3.86. The van der Waals surface area contributed by atoms with E-state index in [1.807, 2.05) is 41.8 Å². The van der Waals surface area contributed by atoms with Crippen molar-refractivity contribution in [1.82, 2.24) is 9.97 Å². The maximum absolute atomic E-state index is 13.2. The first-order chi connectivity index (χ1) is 11.5. The van der Waals surface area contributed by atoms with Gasteiger partial charge in [-0.2, -0.15) is 4.98 Å². The van der Waals surface area contributed by atoms with Crippen LogP contribution in [0, 0.1) is 6.92 Å². The molecule has 134 valence electrons. The second kappa shape index (κ2) is 7.09. The van der Waals surface area contributed by atoms with Crippen molar-refractivity contribution in [2.24, 2.45) is 0 Å². The Morgan fingerprint density at radius 3 is 2.16 bits per heavy atom. The zero-order valence-electron chi connectivity index (χ0n) is 16.1. The van der Waals surface area contributed by atoms with Crippen LogP contribution in [0.15, 0.2) is 36.5 Å². The molecule has 0 radical (unpaired) electrons. The fraction of sp³-hybridized carbons (Fsp3) is 0.389. The zero-order valence-corrected chi connectivity index (χ0v) is 18.1. The highest BCUT2D eigenvalue weighted by Gasteiger charge is 2.33. The lowest BCUT2D eigenvalue weighted by Crippen LogP contribution is -2.51. The van der Waals surface area contributed by atoms with Crippen molar-refractivity contribution in [1.29, 1.82) is 0 Å². The Bertz CT molecular complexity index is 753. The SMILES string of the molecule is Cc1cnc(O[Si](C)(C)C)nc1N(C(=O)c1ccccc1)[Si](C)(C)C. The highest BCUT2D eigenvalue weighted by molar-refractivity contribution is 6.83. The van der Waals surface area contributed by atoms with E-state index in [0.29, 0.717) is 17.4 Å². The maximum atomic E-state index is 13.2. The lowest BCUT2D eigenvalue weighted by Gasteiger charge is -2.34. The van der Waals surface area contributed by atoms with E-state index in [9.17, 15) is 4.79 Å². The number of benzene rings is 1. The Morgan fingerprint density at radius 2 is 1.64 bits per heavy atom. The number of aromatic nitrogens is 2. The monoisotopic (exact) mass is 373 g/mol. The van der Waals surface area contributed by atoms with Crippen molar-refractivity contribution in [2.45, 2.75) is 46.2 Å². The maximum Gasteiger partial charge on any atom is 0.304 e. The number of hydrogen-bond donors (Lipinski definition) is 0. The second-order valence-electron chi connectivity index (χ2n) is 8.05. The van der Waals surface area contributed by atoms with E-state index in [2.05, 4.69) is 49.3 Å². The van der Waals surface area contributed by atoms with Gasteiger partial charge in [-0.05, 0) is 38.7 Å². The third-order valence-electron chi connectivity index (χ3n) is 3.43. The molecular formula is C18H27N3O2Si2. The van der Waals surface area contributed by atoms with Crippen molar-refractivity contribution in [3.63, 3.8) is 0 Å². The van der Waals surface area contributed by atoms with Crippen LogP contribution in [0.1, 0.15) is 15.9 Å². The normalized spacial score (nSPS) is 12.0. The van der Waals surface area contributed by atoms with Gasteiger partial charge in [-0.25, -0.2) is 4.98 Å². The van der Waals surface area contributed by atoms with Crippen molar-refractivity contribution in [3.8, 4) is 6.01 Å². The molecule has 1 aromatic carbocycles. The van der Waals surface area contributed by atoms with E-state index in [1.165, 1.54) is 0 Å². The Labute approximate surface area is 152 Å². The third-order valence-corrected chi connectivity index (χ3v) is 5.98. The molecule has 0 saturated carbocycles. The van der Waals surface area contributed by atoms with Gasteiger partial charge in [0.05, 0.1) is 0 Å². The molecule has 0 atom stereocenters. The van der Waals surface area contributed by atoms with E-state index in [1.54, 1.807) is 6.20 Å². The highest BCUT2D eigenvalue weighted by atomic mass is 28.4. The molecule has 1 amide bonds. The minimum atomic E-state index is -2.04. The minimum absolute atomic E-state index is 0.0273. The van der Waals surface area contributed by atoms with Crippen LogP contribution in [-0.2, 0) is 0 Å². The largest absolute Gasteiger partial charge is 0.518 e. The first-order valence-corrected chi connectivity index (χ1v) is 15.3. The van der Waals surface area contributed by atoms with Gasteiger partial charge in [-0.1, -0.05) is 37.8 Å². The number of rotatable bonds is 5. The lowest BCUT2D eigenvalue weighted by molar-refractivity contribution is 0.100. The molecule has 5 nitrogen and oxygen atoms in total. The molecule has 0 aliphatic carbocycles. The molecule has 0 spiro atoms. The lowest BCUT2D eigenvalue weighted by atomic mass is 10.2. The second-order valence-corrected chi connectivity index (χ2v) is 17.3. The van der Waals surface area contributed by atoms with Gasteiger partial charge >= 0.3 is 6.01 Å². The predicted octanol–water partition coefficient (Wildman–Crippen LogP) is 4.48. The van der Waals surface area contributed by atoms with Crippen molar-refractivity contribution in [3.05, 3.63) is 47.7 Å². The van der Waals surface area contributed by atoms with Crippen LogP contribution in [0.25, 0.3) is 0 Å². The molecule has 0 saturated heterocycles. The smallest absolute Gasteiger partial charge is 0.304 e. The Hall–Kier alpha value is -2.00. The van der Waals surface area contributed by atoms with Crippen molar-refractivity contribution < 1.29 is 9.22 Å². The van der Waals surface area contributed by atoms with E-state index >= 15 is 0 Å². The highest BCUT2D eigenvalue weighted by Crippen LogP contribution is 2.27. The van der Waals surface area contributed by atoms with E-state index in [4.69, 9.17) is 4.43 Å². The Balaban J connectivity index is 2.52. The summed E-state index contributed by atoms with van der Waals surface area (Å²) in [5.74, 6) is 0.622. The molecule has 1 aromatic heterocycles. The van der Waals surface area contributed by atoms with Gasteiger partial charge in [0.2, 0.25) is 8.32 Å². The molecule has 0 N–H and O–H groups in total. The van der Waals surface area contributed by atoms with Gasteiger partial charge in [0.25, 0.3) is 5.91 Å². The molecule has 0 bridgehead atoms. The average Bonchev–Trinajstić information content (AvgIpc) is 2.48. The topological polar surface area (TPSA) is 55.3 Å². The quantitative estimate of drug-likeness (QED) is 0.725. The summed E-state index contributed by atoms with van der Waals surface area (Å²) in [6, 6.07) is 9.69. The molecule has 0 aliphatic rings. The Kier molecular flexibility index (Phi) is 5.48. The van der Waals surface area contributed by atoms with Gasteiger partial charge in [0.15, 0.2) is 8.24 Å². The number of anilines is 1. The fourth-order valence-electron chi connectivity index (χ4n) is 2.40. The zero-order chi connectivity index (χ0) is 18.8. The van der Waals surface area contributed by atoms with Gasteiger partial charge in [-0.15, -0.1) is 0 Å². The summed E-state index contributed by atoms with van der Waals surface area (Å²) >= 11 is 0. The molecule has 2 aromatic rings. The van der Waals surface area contributed by atoms with Crippen molar-refractivity contribution >= 4 is 28.3 Å². The van der Waals surface area contributed by atoms with Gasteiger partial charge in [0, 0.05) is 17.3 Å². The number of nitrogens with zero attached hydrogens (tertiary/aromatic N) is 3. The molecule has 0 fully saturated rings. The first kappa shape index (κ1) is 19.3. The van der Waals surface area contributed by atoms with E-state index in [-0.39, 0.29) is 5.91 Å². The number of amides is 1. The van der Waals surface area contributed by atoms with Crippen LogP contribution in [0.4, 0.5) is 5.82 Å². The summed E-state index contributed by atoms with van der Waals surface area (Å²) < 4.78 is 7.80.